The lowest BCUT2D eigenvalue weighted by atomic mass is 10.2. The van der Waals surface area contributed by atoms with Crippen LogP contribution in [0.1, 0.15) is 11.1 Å². The number of methoxy groups -OCH3 is 1. The fraction of sp³-hybridized carbons (Fsp3) is 0.158. The number of phenols is 1. The lowest BCUT2D eigenvalue weighted by Crippen LogP contribution is -2.14. The highest BCUT2D eigenvalue weighted by Gasteiger charge is 2.35. The van der Waals surface area contributed by atoms with Crippen LogP contribution in [0.15, 0.2) is 42.6 Å². The highest BCUT2D eigenvalue weighted by Crippen LogP contribution is 2.35. The molecule has 0 fully saturated rings. The smallest absolute Gasteiger partial charge is 0.421 e. The largest absolute Gasteiger partial charge is 0.504 e. The van der Waals surface area contributed by atoms with Gasteiger partial charge in [-0.25, -0.2) is 4.98 Å². The van der Waals surface area contributed by atoms with E-state index in [0.717, 1.165) is 0 Å². The lowest BCUT2D eigenvalue weighted by Gasteiger charge is -2.15. The van der Waals surface area contributed by atoms with E-state index in [9.17, 15) is 18.3 Å². The van der Waals surface area contributed by atoms with Crippen LogP contribution in [0.2, 0.25) is 10.0 Å². The van der Waals surface area contributed by atoms with Gasteiger partial charge in [0, 0.05) is 18.4 Å². The van der Waals surface area contributed by atoms with E-state index in [1.165, 1.54) is 31.4 Å². The molecule has 0 bridgehead atoms. The maximum atomic E-state index is 13.4. The van der Waals surface area contributed by atoms with E-state index in [1.807, 2.05) is 0 Å². The van der Waals surface area contributed by atoms with Crippen molar-refractivity contribution in [3.63, 3.8) is 0 Å². The molecule has 1 heterocycles. The molecule has 158 valence electrons. The average Bonchev–Trinajstić information content (AvgIpc) is 2.69. The Labute approximate surface area is 179 Å². The third-order valence-corrected chi connectivity index (χ3v) is 4.71. The van der Waals surface area contributed by atoms with Crippen molar-refractivity contribution in [2.24, 2.45) is 0 Å². The molecule has 3 N–H and O–H groups in total. The van der Waals surface area contributed by atoms with Crippen LogP contribution in [0.25, 0.3) is 0 Å². The Balaban J connectivity index is 1.86. The normalized spacial score (nSPS) is 11.3. The van der Waals surface area contributed by atoms with Crippen molar-refractivity contribution in [1.29, 1.82) is 0 Å². The number of anilines is 3. The molecule has 0 saturated heterocycles. The zero-order valence-corrected chi connectivity index (χ0v) is 16.9. The maximum Gasteiger partial charge on any atom is 0.421 e. The molecule has 0 saturated carbocycles. The van der Waals surface area contributed by atoms with Crippen molar-refractivity contribution in [3.8, 4) is 11.5 Å². The second kappa shape index (κ2) is 8.85. The summed E-state index contributed by atoms with van der Waals surface area (Å²) in [4.78, 5) is 7.69. The van der Waals surface area contributed by atoms with E-state index in [1.54, 1.807) is 12.1 Å². The van der Waals surface area contributed by atoms with Gasteiger partial charge < -0.3 is 20.5 Å². The van der Waals surface area contributed by atoms with E-state index in [4.69, 9.17) is 27.9 Å². The number of hydrogen-bond donors (Lipinski definition) is 3. The number of nitrogens with zero attached hydrogens (tertiary/aromatic N) is 2. The van der Waals surface area contributed by atoms with Crippen LogP contribution >= 0.6 is 23.2 Å². The molecule has 0 amide bonds. The van der Waals surface area contributed by atoms with Crippen LogP contribution < -0.4 is 15.4 Å². The van der Waals surface area contributed by atoms with Crippen LogP contribution in [0, 0.1) is 0 Å². The average molecular weight is 459 g/mol. The quantitative estimate of drug-likeness (QED) is 0.428. The molecular formula is C19H15Cl2F3N4O2. The molecule has 1 aromatic heterocycles. The number of aromatic hydroxyl groups is 1. The van der Waals surface area contributed by atoms with Gasteiger partial charge in [-0.3, -0.25) is 0 Å². The number of phenolic OH excluding ortho intramolecular Hbond substituents is 1. The molecule has 0 spiro atoms. The molecule has 0 aliphatic carbocycles. The van der Waals surface area contributed by atoms with Gasteiger partial charge >= 0.3 is 6.18 Å². The number of alkyl halides is 3. The van der Waals surface area contributed by atoms with E-state index >= 15 is 0 Å². The Morgan fingerprint density at radius 1 is 1.10 bits per heavy atom. The summed E-state index contributed by atoms with van der Waals surface area (Å²) in [5, 5.41) is 15.7. The minimum absolute atomic E-state index is 0.00292. The number of nitrogens with one attached hydrogen (secondary N) is 2. The van der Waals surface area contributed by atoms with Crippen LogP contribution in [0.3, 0.4) is 0 Å². The summed E-state index contributed by atoms with van der Waals surface area (Å²) in [6.45, 7) is 0.00292. The second-order valence-electron chi connectivity index (χ2n) is 6.07. The zero-order valence-electron chi connectivity index (χ0n) is 15.4. The first kappa shape index (κ1) is 21.8. The summed E-state index contributed by atoms with van der Waals surface area (Å²) < 4.78 is 45.1. The summed E-state index contributed by atoms with van der Waals surface area (Å²) >= 11 is 11.8. The van der Waals surface area contributed by atoms with Crippen molar-refractivity contribution in [3.05, 3.63) is 63.8 Å². The van der Waals surface area contributed by atoms with Gasteiger partial charge in [0.2, 0.25) is 5.95 Å². The molecule has 0 unspecified atom stereocenters. The van der Waals surface area contributed by atoms with E-state index in [0.29, 0.717) is 22.5 Å². The Bertz CT molecular complexity index is 1060. The van der Waals surface area contributed by atoms with E-state index in [-0.39, 0.29) is 29.0 Å². The van der Waals surface area contributed by atoms with Crippen molar-refractivity contribution in [2.75, 3.05) is 17.7 Å². The number of aromatic nitrogens is 2. The van der Waals surface area contributed by atoms with Gasteiger partial charge in [0.1, 0.15) is 11.4 Å². The van der Waals surface area contributed by atoms with Gasteiger partial charge in [-0.15, -0.1) is 0 Å². The number of benzene rings is 2. The van der Waals surface area contributed by atoms with Crippen LogP contribution in [-0.2, 0) is 12.7 Å². The lowest BCUT2D eigenvalue weighted by molar-refractivity contribution is -0.137. The number of rotatable bonds is 6. The summed E-state index contributed by atoms with van der Waals surface area (Å²) in [7, 11) is 1.37. The van der Waals surface area contributed by atoms with E-state index < -0.39 is 17.6 Å². The van der Waals surface area contributed by atoms with Gasteiger partial charge in [-0.2, -0.15) is 18.2 Å². The zero-order chi connectivity index (χ0) is 21.9. The summed E-state index contributed by atoms with van der Waals surface area (Å²) in [5.41, 5.74) is 0.0155. The number of hydrogen-bond acceptors (Lipinski definition) is 6. The molecule has 11 heteroatoms. The SMILES string of the molecule is COc1cc(CNc2nc(Nc3ccc(Cl)c(Cl)c3)ncc2C(F)(F)F)ccc1O. The molecule has 0 aliphatic rings. The highest BCUT2D eigenvalue weighted by atomic mass is 35.5. The number of ether oxygens (including phenoxy) is 1. The molecule has 6 nitrogen and oxygen atoms in total. The first-order valence-corrected chi connectivity index (χ1v) is 9.19. The third kappa shape index (κ3) is 5.17. The van der Waals surface area contributed by atoms with Crippen molar-refractivity contribution in [1.82, 2.24) is 9.97 Å². The van der Waals surface area contributed by atoms with Crippen LogP contribution in [0.5, 0.6) is 11.5 Å². The first-order valence-electron chi connectivity index (χ1n) is 8.43. The maximum absolute atomic E-state index is 13.4. The second-order valence-corrected chi connectivity index (χ2v) is 6.88. The minimum atomic E-state index is -4.66. The Kier molecular flexibility index (Phi) is 6.42. The number of halogens is 5. The van der Waals surface area contributed by atoms with Crippen LogP contribution in [0.4, 0.5) is 30.6 Å². The topological polar surface area (TPSA) is 79.3 Å². The van der Waals surface area contributed by atoms with Gasteiger partial charge in [0.25, 0.3) is 0 Å². The van der Waals surface area contributed by atoms with Gasteiger partial charge in [0.05, 0.1) is 17.2 Å². The van der Waals surface area contributed by atoms with E-state index in [2.05, 4.69) is 20.6 Å². The standard InChI is InChI=1S/C19H15Cl2F3N4O2/c1-30-16-6-10(2-5-15(16)29)8-25-17-12(19(22,23)24)9-26-18(28-17)27-11-3-4-13(20)14(21)7-11/h2-7,9,29H,8H2,1H3,(H2,25,26,27,28). The fourth-order valence-corrected chi connectivity index (χ4v) is 2.80. The van der Waals surface area contributed by atoms with Crippen molar-refractivity contribution < 1.29 is 23.0 Å². The Morgan fingerprint density at radius 2 is 1.87 bits per heavy atom. The van der Waals surface area contributed by atoms with Gasteiger partial charge in [-0.1, -0.05) is 29.3 Å². The predicted molar refractivity (Wildman–Crippen MR) is 109 cm³/mol. The predicted octanol–water partition coefficient (Wildman–Crippen LogP) is 5.87. The summed E-state index contributed by atoms with van der Waals surface area (Å²) in [6.07, 6.45) is -3.97. The Hall–Kier alpha value is -2.91. The Morgan fingerprint density at radius 3 is 2.53 bits per heavy atom. The molecule has 3 aromatic rings. The fourth-order valence-electron chi connectivity index (χ4n) is 2.51. The molecular weight excluding hydrogens is 444 g/mol. The first-order chi connectivity index (χ1) is 14.2. The summed E-state index contributed by atoms with van der Waals surface area (Å²) in [5.74, 6) is -0.346. The van der Waals surface area contributed by atoms with Crippen molar-refractivity contribution in [2.45, 2.75) is 12.7 Å². The minimum Gasteiger partial charge on any atom is -0.504 e. The molecule has 0 atom stereocenters. The van der Waals surface area contributed by atoms with Gasteiger partial charge in [0.15, 0.2) is 11.5 Å². The van der Waals surface area contributed by atoms with Gasteiger partial charge in [-0.05, 0) is 35.9 Å². The highest BCUT2D eigenvalue weighted by molar-refractivity contribution is 6.42. The molecule has 2 aromatic carbocycles. The van der Waals surface area contributed by atoms with Crippen LogP contribution in [-0.4, -0.2) is 22.2 Å². The molecule has 0 radical (unpaired) electrons. The monoisotopic (exact) mass is 458 g/mol. The molecule has 3 rings (SSSR count). The van der Waals surface area contributed by atoms with Crippen molar-refractivity contribution >= 4 is 40.7 Å². The summed E-state index contributed by atoms with van der Waals surface area (Å²) in [6, 6.07) is 9.07. The third-order valence-electron chi connectivity index (χ3n) is 3.97. The molecule has 30 heavy (non-hydrogen) atoms. The molecule has 0 aliphatic heterocycles.